The summed E-state index contributed by atoms with van der Waals surface area (Å²) in [6, 6.07) is 7.44. The number of hydrogen-bond donors (Lipinski definition) is 4. The largest absolute Gasteiger partial charge is 0.489 e. The topological polar surface area (TPSA) is 224 Å². The van der Waals surface area contributed by atoms with Gasteiger partial charge in [-0.25, -0.2) is 9.79 Å². The van der Waals surface area contributed by atoms with E-state index >= 15 is 0 Å². The maximum Gasteiger partial charge on any atom is 0.343 e. The van der Waals surface area contributed by atoms with Crippen LogP contribution in [0.3, 0.4) is 0 Å². The SMILES string of the molecule is NC(=O)c1c(CO[C@H](C=O)CS(=O)(=O)O)ccc2c1OCCCc1cc(N=C(N)N)ccc1C(=O)O2. The third-order valence-electron chi connectivity index (χ3n) is 5.04. The van der Waals surface area contributed by atoms with E-state index in [4.69, 9.17) is 36.0 Å². The first kappa shape index (κ1) is 26.6. The van der Waals surface area contributed by atoms with Gasteiger partial charge in [0.15, 0.2) is 17.5 Å². The quantitative estimate of drug-likeness (QED) is 0.0918. The number of aliphatic imine (C=N–C) groups is 1. The predicted molar refractivity (Wildman–Crippen MR) is 127 cm³/mol. The molecule has 1 heterocycles. The minimum absolute atomic E-state index is 0.0800. The number of guanidine groups is 1. The summed E-state index contributed by atoms with van der Waals surface area (Å²) < 4.78 is 47.6. The molecular formula is C22H24N4O9S. The average Bonchev–Trinajstić information content (AvgIpc) is 2.78. The highest BCUT2D eigenvalue weighted by Gasteiger charge is 2.26. The summed E-state index contributed by atoms with van der Waals surface area (Å²) in [5.41, 5.74) is 17.7. The minimum Gasteiger partial charge on any atom is -0.489 e. The number of hydrogen-bond acceptors (Lipinski definition) is 9. The van der Waals surface area contributed by atoms with Gasteiger partial charge < -0.3 is 36.2 Å². The third kappa shape index (κ3) is 6.78. The zero-order valence-electron chi connectivity index (χ0n) is 18.9. The van der Waals surface area contributed by atoms with Crippen LogP contribution in [0.25, 0.3) is 0 Å². The van der Waals surface area contributed by atoms with Crippen LogP contribution in [-0.4, -0.2) is 55.6 Å². The van der Waals surface area contributed by atoms with Crippen molar-refractivity contribution in [1.82, 2.24) is 0 Å². The van der Waals surface area contributed by atoms with Crippen LogP contribution < -0.4 is 26.7 Å². The predicted octanol–water partition coefficient (Wildman–Crippen LogP) is 0.207. The molecule has 192 valence electrons. The van der Waals surface area contributed by atoms with E-state index in [-0.39, 0.29) is 47.0 Å². The summed E-state index contributed by atoms with van der Waals surface area (Å²) in [4.78, 5) is 40.4. The highest BCUT2D eigenvalue weighted by atomic mass is 32.2. The fourth-order valence-electron chi connectivity index (χ4n) is 3.55. The summed E-state index contributed by atoms with van der Waals surface area (Å²) >= 11 is 0. The number of primary amides is 1. The van der Waals surface area contributed by atoms with Gasteiger partial charge in [0.05, 0.1) is 30.0 Å². The number of esters is 1. The summed E-state index contributed by atoms with van der Waals surface area (Å²) in [7, 11) is -4.49. The van der Waals surface area contributed by atoms with Crippen molar-refractivity contribution < 1.29 is 41.6 Å². The van der Waals surface area contributed by atoms with Gasteiger partial charge in [0, 0.05) is 0 Å². The molecule has 36 heavy (non-hydrogen) atoms. The molecule has 0 saturated heterocycles. The summed E-state index contributed by atoms with van der Waals surface area (Å²) in [6.45, 7) is -0.307. The zero-order valence-corrected chi connectivity index (χ0v) is 19.7. The van der Waals surface area contributed by atoms with Crippen LogP contribution in [-0.2, 0) is 32.7 Å². The van der Waals surface area contributed by atoms with Crippen LogP contribution in [0.1, 0.15) is 38.3 Å². The van der Waals surface area contributed by atoms with Crippen molar-refractivity contribution in [2.45, 2.75) is 25.6 Å². The summed E-state index contributed by atoms with van der Waals surface area (Å²) in [6.07, 6.45) is -0.453. The van der Waals surface area contributed by atoms with Crippen molar-refractivity contribution in [3.05, 3.63) is 52.6 Å². The molecule has 1 amide bonds. The molecule has 0 fully saturated rings. The lowest BCUT2D eigenvalue weighted by Crippen LogP contribution is -2.26. The smallest absolute Gasteiger partial charge is 0.343 e. The number of carbonyl (C=O) groups is 3. The second kappa shape index (κ2) is 11.2. The molecule has 13 nitrogen and oxygen atoms in total. The van der Waals surface area contributed by atoms with Gasteiger partial charge in [0.2, 0.25) is 0 Å². The van der Waals surface area contributed by atoms with Gasteiger partial charge in [-0.2, -0.15) is 8.42 Å². The van der Waals surface area contributed by atoms with Crippen LogP contribution in [0.5, 0.6) is 11.5 Å². The van der Waals surface area contributed by atoms with Crippen molar-refractivity contribution in [2.24, 2.45) is 22.2 Å². The van der Waals surface area contributed by atoms with Crippen LogP contribution in [0.15, 0.2) is 35.3 Å². The Bertz CT molecular complexity index is 1320. The van der Waals surface area contributed by atoms with E-state index in [0.717, 1.165) is 0 Å². The van der Waals surface area contributed by atoms with E-state index in [1.54, 1.807) is 12.1 Å². The first-order valence-electron chi connectivity index (χ1n) is 10.5. The molecular weight excluding hydrogens is 496 g/mol. The second-order valence-corrected chi connectivity index (χ2v) is 9.24. The number of amides is 1. The molecule has 0 aliphatic carbocycles. The van der Waals surface area contributed by atoms with Crippen molar-refractivity contribution in [2.75, 3.05) is 12.4 Å². The normalized spacial score (nSPS) is 14.3. The Hall–Kier alpha value is -4.01. The summed E-state index contributed by atoms with van der Waals surface area (Å²) in [5, 5.41) is 0. The van der Waals surface area contributed by atoms with Crippen molar-refractivity contribution >= 4 is 39.9 Å². The molecule has 1 aliphatic heterocycles. The number of nitrogens with zero attached hydrogens (tertiary/aromatic N) is 1. The fraction of sp³-hybridized carbons (Fsp3) is 0.273. The molecule has 0 bridgehead atoms. The van der Waals surface area contributed by atoms with Gasteiger partial charge in [0.1, 0.15) is 18.1 Å². The molecule has 0 unspecified atom stereocenters. The number of aryl methyl sites for hydroxylation is 1. The van der Waals surface area contributed by atoms with E-state index in [2.05, 4.69) is 4.99 Å². The highest BCUT2D eigenvalue weighted by molar-refractivity contribution is 7.85. The first-order chi connectivity index (χ1) is 17.0. The minimum atomic E-state index is -4.49. The van der Waals surface area contributed by atoms with E-state index in [0.29, 0.717) is 24.1 Å². The molecule has 0 aromatic heterocycles. The standard InChI is InChI=1S/C22H24N4O9S/c23-20(28)18-13(10-34-15(9-27)11-36(30,31)32)3-6-17-19(18)33-7-1-2-12-8-14(26-22(24)25)4-5-16(12)21(29)35-17/h3-6,8-9,15H,1-2,7,10-11H2,(H2,23,28)(H4,24,25,26)(H,30,31,32)/t15-/m1/s1. The van der Waals surface area contributed by atoms with Crippen molar-refractivity contribution in [3.63, 3.8) is 0 Å². The Morgan fingerprint density at radius 1 is 1.22 bits per heavy atom. The lowest BCUT2D eigenvalue weighted by atomic mass is 10.0. The molecule has 0 spiro atoms. The first-order valence-corrected chi connectivity index (χ1v) is 12.1. The van der Waals surface area contributed by atoms with E-state index in [1.807, 2.05) is 0 Å². The Kier molecular flexibility index (Phi) is 8.24. The van der Waals surface area contributed by atoms with Crippen LogP contribution in [0.4, 0.5) is 5.69 Å². The molecule has 1 atom stereocenters. The molecule has 14 heteroatoms. The lowest BCUT2D eigenvalue weighted by molar-refractivity contribution is -0.117. The van der Waals surface area contributed by atoms with Crippen LogP contribution >= 0.6 is 0 Å². The maximum absolute atomic E-state index is 12.9. The zero-order chi connectivity index (χ0) is 26.5. The number of carbonyl (C=O) groups excluding carboxylic acids is 3. The number of aldehydes is 1. The molecule has 7 N–H and O–H groups in total. The van der Waals surface area contributed by atoms with Crippen LogP contribution in [0.2, 0.25) is 0 Å². The number of rotatable bonds is 8. The maximum atomic E-state index is 12.9. The Morgan fingerprint density at radius 2 is 1.97 bits per heavy atom. The van der Waals surface area contributed by atoms with Gasteiger partial charge in [-0.1, -0.05) is 6.07 Å². The molecule has 3 rings (SSSR count). The second-order valence-electron chi connectivity index (χ2n) is 7.74. The lowest BCUT2D eigenvalue weighted by Gasteiger charge is -2.20. The Labute approximate surface area is 206 Å². The highest BCUT2D eigenvalue weighted by Crippen LogP contribution is 2.36. The third-order valence-corrected chi connectivity index (χ3v) is 5.79. The number of ether oxygens (including phenoxy) is 3. The number of nitrogens with two attached hydrogens (primary N) is 3. The van der Waals surface area contributed by atoms with Gasteiger partial charge in [-0.15, -0.1) is 0 Å². The Morgan fingerprint density at radius 3 is 2.61 bits per heavy atom. The van der Waals surface area contributed by atoms with Gasteiger partial charge in [0.25, 0.3) is 16.0 Å². The molecule has 0 saturated carbocycles. The van der Waals surface area contributed by atoms with Crippen LogP contribution in [0, 0.1) is 0 Å². The average molecular weight is 521 g/mol. The van der Waals surface area contributed by atoms with E-state index < -0.39 is 40.5 Å². The number of benzene rings is 2. The van der Waals surface area contributed by atoms with E-state index in [1.165, 1.54) is 18.2 Å². The van der Waals surface area contributed by atoms with Crippen molar-refractivity contribution in [1.29, 1.82) is 0 Å². The molecule has 1 aliphatic rings. The molecule has 2 aromatic rings. The van der Waals surface area contributed by atoms with Gasteiger partial charge in [-0.3, -0.25) is 9.35 Å². The molecule has 2 aromatic carbocycles. The van der Waals surface area contributed by atoms with Gasteiger partial charge >= 0.3 is 5.97 Å². The monoisotopic (exact) mass is 520 g/mol. The Balaban J connectivity index is 1.95. The fourth-order valence-corrected chi connectivity index (χ4v) is 4.14. The molecule has 0 radical (unpaired) electrons. The van der Waals surface area contributed by atoms with E-state index in [9.17, 15) is 22.8 Å². The van der Waals surface area contributed by atoms with Gasteiger partial charge in [-0.05, 0) is 48.2 Å². The number of fused-ring (bicyclic) bond motifs is 2. The summed E-state index contributed by atoms with van der Waals surface area (Å²) in [5.74, 6) is -2.93. The van der Waals surface area contributed by atoms with Crippen molar-refractivity contribution in [3.8, 4) is 11.5 Å².